The Morgan fingerprint density at radius 3 is 2.48 bits per heavy atom. The topological polar surface area (TPSA) is 104 Å². The van der Waals surface area contributed by atoms with E-state index in [0.29, 0.717) is 48.7 Å². The van der Waals surface area contributed by atoms with Crippen molar-refractivity contribution in [1.82, 2.24) is 25.5 Å². The van der Waals surface area contributed by atoms with Gasteiger partial charge in [-0.3, -0.25) is 29.6 Å². The molecule has 0 bridgehead atoms. The van der Waals surface area contributed by atoms with Crippen LogP contribution in [0.3, 0.4) is 0 Å². The van der Waals surface area contributed by atoms with Crippen molar-refractivity contribution in [2.24, 2.45) is 0 Å². The van der Waals surface area contributed by atoms with Gasteiger partial charge in [0.2, 0.25) is 5.91 Å². The maximum Gasteiger partial charge on any atom is 0.254 e. The third-order valence-electron chi connectivity index (χ3n) is 6.74. The van der Waals surface area contributed by atoms with Crippen LogP contribution in [0, 0.1) is 0 Å². The minimum absolute atomic E-state index is 0.256. The first kappa shape index (κ1) is 27.7. The first-order chi connectivity index (χ1) is 20.4. The number of hydrogen-bond donors (Lipinski definition) is 3. The van der Waals surface area contributed by atoms with Crippen LogP contribution < -0.4 is 26.8 Å². The van der Waals surface area contributed by atoms with Crippen LogP contribution in [0.1, 0.15) is 11.6 Å². The zero-order valence-corrected chi connectivity index (χ0v) is 24.0. The van der Waals surface area contributed by atoms with E-state index >= 15 is 0 Å². The fourth-order valence-corrected chi connectivity index (χ4v) is 5.22. The molecule has 3 N–H and O–H groups in total. The molecule has 0 fully saturated rings. The van der Waals surface area contributed by atoms with E-state index in [1.165, 1.54) is 17.0 Å². The van der Waals surface area contributed by atoms with Crippen molar-refractivity contribution < 1.29 is 4.79 Å². The molecule has 42 heavy (non-hydrogen) atoms. The minimum atomic E-state index is -0.908. The zero-order valence-electron chi connectivity index (χ0n) is 21.8. The van der Waals surface area contributed by atoms with E-state index in [1.54, 1.807) is 59.9 Å². The van der Waals surface area contributed by atoms with Crippen molar-refractivity contribution in [2.45, 2.75) is 12.5 Å². The van der Waals surface area contributed by atoms with Crippen molar-refractivity contribution in [3.63, 3.8) is 0 Å². The maximum absolute atomic E-state index is 13.8. The summed E-state index contributed by atoms with van der Waals surface area (Å²) >= 11 is 18.6. The number of carbonyl (C=O) groups is 1. The van der Waals surface area contributed by atoms with E-state index in [0.717, 1.165) is 5.56 Å². The van der Waals surface area contributed by atoms with Crippen LogP contribution in [-0.4, -0.2) is 20.4 Å². The molecule has 1 aliphatic rings. The average molecular weight is 619 g/mol. The molecule has 0 saturated carbocycles. The van der Waals surface area contributed by atoms with Crippen molar-refractivity contribution in [1.29, 1.82) is 0 Å². The first-order valence-electron chi connectivity index (χ1n) is 12.8. The molecular weight excluding hydrogens is 597 g/mol. The lowest BCUT2D eigenvalue weighted by molar-refractivity contribution is -0.119. The predicted octanol–water partition coefficient (Wildman–Crippen LogP) is 6.05. The molecule has 0 saturated heterocycles. The van der Waals surface area contributed by atoms with Crippen molar-refractivity contribution in [2.75, 3.05) is 10.3 Å². The van der Waals surface area contributed by atoms with Gasteiger partial charge < -0.3 is 5.32 Å². The number of benzene rings is 3. The normalized spacial score (nSPS) is 13.5. The third-order valence-corrected chi connectivity index (χ3v) is 7.40. The second-order valence-corrected chi connectivity index (χ2v) is 10.8. The SMILES string of the molecule is O=C(Nc1ccnc2ccc(Cl)cc12)[C@H](Cc1ccccc1)n1cnc(-c2cc(Cl)ccc2N2C=C(Cl)NN2)cc1=O. The molecular formula is C30H22Cl3N7O2. The summed E-state index contributed by atoms with van der Waals surface area (Å²) in [5, 5.41) is 6.68. The van der Waals surface area contributed by atoms with Gasteiger partial charge in [-0.1, -0.05) is 65.1 Å². The number of hydrazine groups is 2. The molecule has 9 nitrogen and oxygen atoms in total. The summed E-state index contributed by atoms with van der Waals surface area (Å²) in [6.45, 7) is 0. The van der Waals surface area contributed by atoms with Crippen LogP contribution in [0.4, 0.5) is 11.4 Å². The number of carbonyl (C=O) groups excluding carboxylic acids is 1. The van der Waals surface area contributed by atoms with E-state index in [9.17, 15) is 9.59 Å². The summed E-state index contributed by atoms with van der Waals surface area (Å²) in [6, 6.07) is 22.1. The van der Waals surface area contributed by atoms with Gasteiger partial charge in [0, 0.05) is 39.7 Å². The molecule has 1 atom stereocenters. The van der Waals surface area contributed by atoms with Gasteiger partial charge in [0.25, 0.3) is 5.56 Å². The molecule has 210 valence electrons. The van der Waals surface area contributed by atoms with Crippen LogP contribution in [0.25, 0.3) is 22.2 Å². The first-order valence-corrected chi connectivity index (χ1v) is 13.9. The molecule has 1 amide bonds. The summed E-state index contributed by atoms with van der Waals surface area (Å²) in [4.78, 5) is 36.4. The standard InChI is InChI=1S/C30H22Cl3N7O2/c31-19-6-8-23-21(13-19)24(10-11-34-23)36-30(42)27(12-18-4-2-1-3-5-18)39-17-35-25(15-29(39)41)22-14-20(32)7-9-26(22)40-16-28(33)37-38-40/h1-11,13-17,27,37-38H,12H2,(H,34,36,42)/t27-/m0/s1. The van der Waals surface area contributed by atoms with E-state index in [-0.39, 0.29) is 6.42 Å². The number of nitrogens with zero attached hydrogens (tertiary/aromatic N) is 4. The fraction of sp³-hybridized carbons (Fsp3) is 0.0667. The van der Waals surface area contributed by atoms with Crippen LogP contribution in [0.2, 0.25) is 10.0 Å². The molecule has 3 heterocycles. The molecule has 0 spiro atoms. The van der Waals surface area contributed by atoms with Crippen molar-refractivity contribution in [3.8, 4) is 11.3 Å². The molecule has 0 unspecified atom stereocenters. The van der Waals surface area contributed by atoms with E-state index in [4.69, 9.17) is 34.8 Å². The highest BCUT2D eigenvalue weighted by Gasteiger charge is 2.25. The predicted molar refractivity (Wildman–Crippen MR) is 166 cm³/mol. The van der Waals surface area contributed by atoms with Gasteiger partial charge >= 0.3 is 0 Å². The van der Waals surface area contributed by atoms with Crippen LogP contribution >= 0.6 is 34.8 Å². The number of aromatic nitrogens is 3. The Morgan fingerprint density at radius 2 is 1.71 bits per heavy atom. The summed E-state index contributed by atoms with van der Waals surface area (Å²) in [5.41, 5.74) is 9.02. The molecule has 0 radical (unpaired) electrons. The fourth-order valence-electron chi connectivity index (χ4n) is 4.73. The second-order valence-electron chi connectivity index (χ2n) is 9.48. The smallest absolute Gasteiger partial charge is 0.254 e. The summed E-state index contributed by atoms with van der Waals surface area (Å²) in [6.07, 6.45) is 4.89. The number of nitrogens with one attached hydrogen (secondary N) is 3. The van der Waals surface area contributed by atoms with Crippen LogP contribution in [0.15, 0.2) is 108 Å². The minimum Gasteiger partial charge on any atom is -0.324 e. The summed E-state index contributed by atoms with van der Waals surface area (Å²) in [7, 11) is 0. The van der Waals surface area contributed by atoms with E-state index < -0.39 is 17.5 Å². The largest absolute Gasteiger partial charge is 0.324 e. The molecule has 2 aromatic heterocycles. The quantitative estimate of drug-likeness (QED) is 0.191. The summed E-state index contributed by atoms with van der Waals surface area (Å²) < 4.78 is 1.33. The molecule has 3 aromatic carbocycles. The van der Waals surface area contributed by atoms with Crippen molar-refractivity contribution >= 4 is 63.0 Å². The van der Waals surface area contributed by atoms with Crippen LogP contribution in [-0.2, 0) is 11.2 Å². The number of halogens is 3. The molecule has 1 aliphatic heterocycles. The highest BCUT2D eigenvalue weighted by molar-refractivity contribution is 6.31. The van der Waals surface area contributed by atoms with Gasteiger partial charge in [0.05, 0.1) is 35.1 Å². The molecule has 6 rings (SSSR count). The maximum atomic E-state index is 13.8. The van der Waals surface area contributed by atoms with E-state index in [2.05, 4.69) is 26.2 Å². The average Bonchev–Trinajstić information content (AvgIpc) is 3.42. The number of fused-ring (bicyclic) bond motifs is 1. The zero-order chi connectivity index (χ0) is 29.2. The Balaban J connectivity index is 1.38. The Kier molecular flexibility index (Phi) is 7.82. The monoisotopic (exact) mass is 617 g/mol. The number of rotatable bonds is 7. The van der Waals surface area contributed by atoms with Gasteiger partial charge in [-0.15, -0.1) is 5.53 Å². The lowest BCUT2D eigenvalue weighted by Gasteiger charge is -2.21. The van der Waals surface area contributed by atoms with Gasteiger partial charge in [-0.2, -0.15) is 0 Å². The third kappa shape index (κ3) is 5.81. The Labute approximate surface area is 255 Å². The number of hydrogen-bond acceptors (Lipinski definition) is 7. The van der Waals surface area contributed by atoms with E-state index in [1.807, 2.05) is 30.3 Å². The lowest BCUT2D eigenvalue weighted by Crippen LogP contribution is -2.36. The number of amides is 1. The number of pyridine rings is 1. The second kappa shape index (κ2) is 11.8. The molecule has 12 heteroatoms. The van der Waals surface area contributed by atoms with Crippen molar-refractivity contribution in [3.05, 3.63) is 129 Å². The highest BCUT2D eigenvalue weighted by Crippen LogP contribution is 2.33. The lowest BCUT2D eigenvalue weighted by atomic mass is 10.0. The van der Waals surface area contributed by atoms with Crippen LogP contribution in [0.5, 0.6) is 0 Å². The summed E-state index contributed by atoms with van der Waals surface area (Å²) in [5.74, 6) is -0.390. The van der Waals surface area contributed by atoms with Gasteiger partial charge in [-0.25, -0.2) is 4.98 Å². The highest BCUT2D eigenvalue weighted by atomic mass is 35.5. The molecule has 0 aliphatic carbocycles. The Morgan fingerprint density at radius 1 is 0.929 bits per heavy atom. The van der Waals surface area contributed by atoms with Gasteiger partial charge in [-0.05, 0) is 48.0 Å². The van der Waals surface area contributed by atoms with Gasteiger partial charge in [0.15, 0.2) is 0 Å². The number of anilines is 2. The van der Waals surface area contributed by atoms with Gasteiger partial charge in [0.1, 0.15) is 11.2 Å². The Hall–Kier alpha value is -4.41. The Bertz CT molecular complexity index is 1900. The molecule has 5 aromatic rings.